The van der Waals surface area contributed by atoms with Gasteiger partial charge < -0.3 is 10.3 Å². The summed E-state index contributed by atoms with van der Waals surface area (Å²) in [6.45, 7) is 6.14. The van der Waals surface area contributed by atoms with Gasteiger partial charge >= 0.3 is 0 Å². The first-order valence-corrected chi connectivity index (χ1v) is 4.98. The Labute approximate surface area is 80.0 Å². The van der Waals surface area contributed by atoms with Crippen LogP contribution in [-0.4, -0.2) is 16.1 Å². The second-order valence-corrected chi connectivity index (χ2v) is 3.52. The Morgan fingerprint density at radius 3 is 3.00 bits per heavy atom. The predicted octanol–water partition coefficient (Wildman–Crippen LogP) is 1.43. The lowest BCUT2D eigenvalue weighted by Crippen LogP contribution is -2.11. The van der Waals surface area contributed by atoms with Gasteiger partial charge in [0.05, 0.1) is 0 Å². The van der Waals surface area contributed by atoms with Gasteiger partial charge in [-0.15, -0.1) is 0 Å². The van der Waals surface area contributed by atoms with Crippen LogP contribution in [0.1, 0.15) is 26.1 Å². The number of imidazole rings is 1. The molecule has 1 aromatic rings. The molecule has 1 heterocycles. The van der Waals surface area contributed by atoms with E-state index < -0.39 is 0 Å². The molecule has 0 radical (unpaired) electrons. The van der Waals surface area contributed by atoms with Crippen molar-refractivity contribution < 1.29 is 0 Å². The molecule has 3 heteroatoms. The van der Waals surface area contributed by atoms with Crippen LogP contribution in [0.2, 0.25) is 0 Å². The lowest BCUT2D eigenvalue weighted by Gasteiger charge is -2.10. The lowest BCUT2D eigenvalue weighted by atomic mass is 10.0. The lowest BCUT2D eigenvalue weighted by molar-refractivity contribution is 0.508. The van der Waals surface area contributed by atoms with Gasteiger partial charge in [0, 0.05) is 25.4 Å². The topological polar surface area (TPSA) is 43.8 Å². The molecule has 1 rings (SSSR count). The van der Waals surface area contributed by atoms with Crippen LogP contribution < -0.4 is 5.73 Å². The molecule has 13 heavy (non-hydrogen) atoms. The zero-order chi connectivity index (χ0) is 9.68. The maximum atomic E-state index is 5.50. The summed E-state index contributed by atoms with van der Waals surface area (Å²) in [6, 6.07) is 0. The highest BCUT2D eigenvalue weighted by atomic mass is 15.0. The monoisotopic (exact) mass is 181 g/mol. The average Bonchev–Trinajstić information content (AvgIpc) is 2.52. The maximum Gasteiger partial charge on any atom is 0.108 e. The number of aromatic nitrogens is 2. The fourth-order valence-electron chi connectivity index (χ4n) is 1.52. The molecule has 74 valence electrons. The summed E-state index contributed by atoms with van der Waals surface area (Å²) in [4.78, 5) is 4.33. The standard InChI is InChI=1S/C10H19N3/c1-3-13-7-6-12-10(13)8-9(2)4-5-11/h6-7,9H,3-5,8,11H2,1-2H3. The molecular weight excluding hydrogens is 162 g/mol. The highest BCUT2D eigenvalue weighted by Gasteiger charge is 2.06. The summed E-state index contributed by atoms with van der Waals surface area (Å²) < 4.78 is 2.19. The number of nitrogens with zero attached hydrogens (tertiary/aromatic N) is 2. The fraction of sp³-hybridized carbons (Fsp3) is 0.700. The van der Waals surface area contributed by atoms with Gasteiger partial charge in [-0.2, -0.15) is 0 Å². The Morgan fingerprint density at radius 1 is 1.62 bits per heavy atom. The molecular formula is C10H19N3. The summed E-state index contributed by atoms with van der Waals surface area (Å²) in [5.41, 5.74) is 5.50. The predicted molar refractivity (Wildman–Crippen MR) is 54.4 cm³/mol. The molecule has 3 nitrogen and oxygen atoms in total. The SMILES string of the molecule is CCn1ccnc1CC(C)CCN. The van der Waals surface area contributed by atoms with Crippen LogP contribution in [-0.2, 0) is 13.0 Å². The summed E-state index contributed by atoms with van der Waals surface area (Å²) in [6.07, 6.45) is 6.02. The zero-order valence-electron chi connectivity index (χ0n) is 8.53. The molecule has 0 amide bonds. The highest BCUT2D eigenvalue weighted by Crippen LogP contribution is 2.09. The summed E-state index contributed by atoms with van der Waals surface area (Å²) in [5, 5.41) is 0. The second-order valence-electron chi connectivity index (χ2n) is 3.52. The summed E-state index contributed by atoms with van der Waals surface area (Å²) in [5.74, 6) is 1.82. The molecule has 0 fully saturated rings. The van der Waals surface area contributed by atoms with Crippen molar-refractivity contribution in [3.05, 3.63) is 18.2 Å². The first-order chi connectivity index (χ1) is 6.27. The third kappa shape index (κ3) is 2.84. The van der Waals surface area contributed by atoms with Gasteiger partial charge in [0.1, 0.15) is 5.82 Å². The van der Waals surface area contributed by atoms with Crippen LogP contribution in [0.15, 0.2) is 12.4 Å². The number of aryl methyl sites for hydroxylation is 1. The highest BCUT2D eigenvalue weighted by molar-refractivity contribution is 4.93. The number of nitrogens with two attached hydrogens (primary N) is 1. The van der Waals surface area contributed by atoms with Gasteiger partial charge in [0.25, 0.3) is 0 Å². The molecule has 0 spiro atoms. The number of rotatable bonds is 5. The Bertz CT molecular complexity index is 242. The summed E-state index contributed by atoms with van der Waals surface area (Å²) >= 11 is 0. The molecule has 2 N–H and O–H groups in total. The smallest absolute Gasteiger partial charge is 0.108 e. The number of hydrogen-bond acceptors (Lipinski definition) is 2. The maximum absolute atomic E-state index is 5.50. The van der Waals surface area contributed by atoms with E-state index in [-0.39, 0.29) is 0 Å². The number of hydrogen-bond donors (Lipinski definition) is 1. The molecule has 1 unspecified atom stereocenters. The van der Waals surface area contributed by atoms with Crippen LogP contribution >= 0.6 is 0 Å². The summed E-state index contributed by atoms with van der Waals surface area (Å²) in [7, 11) is 0. The largest absolute Gasteiger partial charge is 0.335 e. The normalized spacial score (nSPS) is 13.2. The van der Waals surface area contributed by atoms with Gasteiger partial charge in [0.2, 0.25) is 0 Å². The molecule has 0 aliphatic heterocycles. The van der Waals surface area contributed by atoms with Gasteiger partial charge in [-0.3, -0.25) is 0 Å². The minimum Gasteiger partial charge on any atom is -0.335 e. The molecule has 0 aliphatic carbocycles. The molecule has 0 saturated heterocycles. The van der Waals surface area contributed by atoms with Gasteiger partial charge in [-0.05, 0) is 25.8 Å². The van der Waals surface area contributed by atoms with E-state index in [1.165, 1.54) is 5.82 Å². The van der Waals surface area contributed by atoms with Crippen LogP contribution in [0.25, 0.3) is 0 Å². The van der Waals surface area contributed by atoms with Crippen molar-refractivity contribution in [2.75, 3.05) is 6.54 Å². The molecule has 0 bridgehead atoms. The third-order valence-corrected chi connectivity index (χ3v) is 2.33. The van der Waals surface area contributed by atoms with Crippen molar-refractivity contribution in [1.29, 1.82) is 0 Å². The Morgan fingerprint density at radius 2 is 2.38 bits per heavy atom. The van der Waals surface area contributed by atoms with Crippen LogP contribution in [0.3, 0.4) is 0 Å². The van der Waals surface area contributed by atoms with Crippen molar-refractivity contribution in [3.8, 4) is 0 Å². The minimum atomic E-state index is 0.637. The van der Waals surface area contributed by atoms with Crippen LogP contribution in [0.5, 0.6) is 0 Å². The van der Waals surface area contributed by atoms with Crippen LogP contribution in [0.4, 0.5) is 0 Å². The van der Waals surface area contributed by atoms with E-state index in [2.05, 4.69) is 23.4 Å². The van der Waals surface area contributed by atoms with Gasteiger partial charge in [-0.25, -0.2) is 4.98 Å². The van der Waals surface area contributed by atoms with E-state index in [4.69, 9.17) is 5.73 Å². The van der Waals surface area contributed by atoms with Gasteiger partial charge in [0.15, 0.2) is 0 Å². The van der Waals surface area contributed by atoms with Crippen molar-refractivity contribution in [1.82, 2.24) is 9.55 Å². The van der Waals surface area contributed by atoms with Gasteiger partial charge in [-0.1, -0.05) is 6.92 Å². The van der Waals surface area contributed by atoms with Crippen molar-refractivity contribution in [2.45, 2.75) is 33.2 Å². The van der Waals surface area contributed by atoms with Crippen molar-refractivity contribution >= 4 is 0 Å². The fourth-order valence-corrected chi connectivity index (χ4v) is 1.52. The van der Waals surface area contributed by atoms with E-state index in [1.807, 2.05) is 12.4 Å². The van der Waals surface area contributed by atoms with E-state index in [0.29, 0.717) is 5.92 Å². The molecule has 0 aliphatic rings. The molecule has 1 aromatic heterocycles. The Balaban J connectivity index is 2.52. The molecule has 1 atom stereocenters. The Hall–Kier alpha value is -0.830. The second kappa shape index (κ2) is 5.02. The molecule has 0 saturated carbocycles. The van der Waals surface area contributed by atoms with E-state index >= 15 is 0 Å². The third-order valence-electron chi connectivity index (χ3n) is 2.33. The first-order valence-electron chi connectivity index (χ1n) is 4.98. The first kappa shape index (κ1) is 10.3. The Kier molecular flexibility index (Phi) is 3.96. The van der Waals surface area contributed by atoms with Crippen LogP contribution in [0, 0.1) is 5.92 Å². The van der Waals surface area contributed by atoms with E-state index in [0.717, 1.165) is 25.9 Å². The zero-order valence-corrected chi connectivity index (χ0v) is 8.53. The van der Waals surface area contributed by atoms with E-state index in [9.17, 15) is 0 Å². The van der Waals surface area contributed by atoms with E-state index in [1.54, 1.807) is 0 Å². The molecule has 0 aromatic carbocycles. The minimum absolute atomic E-state index is 0.637. The average molecular weight is 181 g/mol. The van der Waals surface area contributed by atoms with Crippen molar-refractivity contribution in [2.24, 2.45) is 11.7 Å². The van der Waals surface area contributed by atoms with Crippen molar-refractivity contribution in [3.63, 3.8) is 0 Å². The quantitative estimate of drug-likeness (QED) is 0.746.